The topological polar surface area (TPSA) is 58.4 Å². The van der Waals surface area contributed by atoms with Crippen molar-refractivity contribution < 1.29 is 4.79 Å². The number of halogens is 2. The molecular weight excluding hydrogens is 261 g/mol. The van der Waals surface area contributed by atoms with Gasteiger partial charge >= 0.3 is 0 Å². The summed E-state index contributed by atoms with van der Waals surface area (Å²) in [4.78, 5) is 13.7. The summed E-state index contributed by atoms with van der Waals surface area (Å²) >= 11 is 5.77. The second-order valence-electron chi connectivity index (χ2n) is 3.80. The van der Waals surface area contributed by atoms with E-state index in [1.807, 2.05) is 19.0 Å². The summed E-state index contributed by atoms with van der Waals surface area (Å²) in [6.45, 7) is 1.41. The van der Waals surface area contributed by atoms with Gasteiger partial charge in [0.05, 0.1) is 10.7 Å². The van der Waals surface area contributed by atoms with E-state index in [4.69, 9.17) is 17.3 Å². The van der Waals surface area contributed by atoms with Crippen LogP contribution >= 0.6 is 24.0 Å². The number of amides is 1. The lowest BCUT2D eigenvalue weighted by Gasteiger charge is -2.10. The van der Waals surface area contributed by atoms with Crippen LogP contribution in [0, 0.1) is 0 Å². The van der Waals surface area contributed by atoms with E-state index in [2.05, 4.69) is 5.32 Å². The number of benzene rings is 1. The summed E-state index contributed by atoms with van der Waals surface area (Å²) in [6.07, 6.45) is 0. The smallest absolute Gasteiger partial charge is 0.251 e. The van der Waals surface area contributed by atoms with Crippen LogP contribution in [0.5, 0.6) is 0 Å². The Labute approximate surface area is 113 Å². The van der Waals surface area contributed by atoms with Crippen LogP contribution in [-0.4, -0.2) is 38.0 Å². The van der Waals surface area contributed by atoms with E-state index in [1.54, 1.807) is 18.2 Å². The molecule has 0 aliphatic heterocycles. The molecule has 0 atom stereocenters. The van der Waals surface area contributed by atoms with E-state index >= 15 is 0 Å². The molecule has 0 bridgehead atoms. The van der Waals surface area contributed by atoms with Gasteiger partial charge in [-0.05, 0) is 32.3 Å². The fourth-order valence-electron chi connectivity index (χ4n) is 1.18. The Kier molecular flexibility index (Phi) is 6.95. The number of likely N-dealkylation sites (N-methyl/N-ethyl adjacent to an activating group) is 1. The SMILES string of the molecule is CN(C)CCNC(=O)c1ccc(Cl)c(N)c1.Cl. The minimum absolute atomic E-state index is 0. The maximum Gasteiger partial charge on any atom is 0.251 e. The monoisotopic (exact) mass is 277 g/mol. The first-order chi connectivity index (χ1) is 7.50. The van der Waals surface area contributed by atoms with E-state index in [-0.39, 0.29) is 18.3 Å². The molecule has 0 unspecified atom stereocenters. The Morgan fingerprint density at radius 3 is 2.65 bits per heavy atom. The molecule has 0 heterocycles. The van der Waals surface area contributed by atoms with Gasteiger partial charge < -0.3 is 16.0 Å². The predicted octanol–water partition coefficient (Wildman–Crippen LogP) is 1.64. The van der Waals surface area contributed by atoms with Gasteiger partial charge in [-0.3, -0.25) is 4.79 Å². The Bertz CT molecular complexity index is 383. The Hall–Kier alpha value is -0.970. The molecule has 1 rings (SSSR count). The van der Waals surface area contributed by atoms with Gasteiger partial charge in [-0.2, -0.15) is 0 Å². The molecule has 0 fully saturated rings. The van der Waals surface area contributed by atoms with Gasteiger partial charge in [0.1, 0.15) is 0 Å². The van der Waals surface area contributed by atoms with Crippen LogP contribution < -0.4 is 11.1 Å². The van der Waals surface area contributed by atoms with E-state index in [0.717, 1.165) is 6.54 Å². The fourth-order valence-corrected chi connectivity index (χ4v) is 1.30. The predicted molar refractivity (Wildman–Crippen MR) is 74.0 cm³/mol. The Morgan fingerprint density at radius 2 is 2.12 bits per heavy atom. The van der Waals surface area contributed by atoms with Crippen LogP contribution in [0.3, 0.4) is 0 Å². The van der Waals surface area contributed by atoms with Crippen molar-refractivity contribution in [3.63, 3.8) is 0 Å². The second-order valence-corrected chi connectivity index (χ2v) is 4.20. The number of nitrogens with one attached hydrogen (secondary N) is 1. The highest BCUT2D eigenvalue weighted by atomic mass is 35.5. The lowest BCUT2D eigenvalue weighted by Crippen LogP contribution is -2.31. The maximum atomic E-state index is 11.7. The van der Waals surface area contributed by atoms with Crippen LogP contribution in [0.4, 0.5) is 5.69 Å². The van der Waals surface area contributed by atoms with E-state index in [9.17, 15) is 4.79 Å². The van der Waals surface area contributed by atoms with Crippen molar-refractivity contribution in [3.05, 3.63) is 28.8 Å². The molecule has 1 aromatic carbocycles. The van der Waals surface area contributed by atoms with Crippen molar-refractivity contribution in [2.24, 2.45) is 0 Å². The van der Waals surface area contributed by atoms with Crippen LogP contribution in [0.2, 0.25) is 5.02 Å². The molecule has 0 saturated carbocycles. The van der Waals surface area contributed by atoms with Crippen molar-refractivity contribution in [2.75, 3.05) is 32.9 Å². The van der Waals surface area contributed by atoms with Crippen molar-refractivity contribution in [1.29, 1.82) is 0 Å². The zero-order valence-electron chi connectivity index (χ0n) is 9.87. The van der Waals surface area contributed by atoms with E-state index in [0.29, 0.717) is 22.8 Å². The third-order valence-electron chi connectivity index (χ3n) is 2.10. The van der Waals surface area contributed by atoms with Crippen molar-refractivity contribution in [1.82, 2.24) is 10.2 Å². The zero-order valence-corrected chi connectivity index (χ0v) is 11.4. The first-order valence-corrected chi connectivity index (χ1v) is 5.36. The molecule has 17 heavy (non-hydrogen) atoms. The number of rotatable bonds is 4. The lowest BCUT2D eigenvalue weighted by molar-refractivity contribution is 0.0951. The summed E-state index contributed by atoms with van der Waals surface area (Å²) in [7, 11) is 3.90. The van der Waals surface area contributed by atoms with E-state index in [1.165, 1.54) is 0 Å². The number of nitrogen functional groups attached to an aromatic ring is 1. The summed E-state index contributed by atoms with van der Waals surface area (Å²) < 4.78 is 0. The number of anilines is 1. The quantitative estimate of drug-likeness (QED) is 0.823. The molecule has 0 aromatic heterocycles. The van der Waals surface area contributed by atoms with Gasteiger partial charge in [-0.25, -0.2) is 0 Å². The standard InChI is InChI=1S/C11H16ClN3O.ClH/c1-15(2)6-5-14-11(16)8-3-4-9(12)10(13)7-8;/h3-4,7H,5-6,13H2,1-2H3,(H,14,16);1H. The molecule has 0 saturated heterocycles. The average molecular weight is 278 g/mol. The highest BCUT2D eigenvalue weighted by molar-refractivity contribution is 6.33. The second kappa shape index (κ2) is 7.37. The molecule has 4 nitrogen and oxygen atoms in total. The molecular formula is C11H17Cl2N3O. The zero-order chi connectivity index (χ0) is 12.1. The first-order valence-electron chi connectivity index (χ1n) is 4.98. The Morgan fingerprint density at radius 1 is 1.47 bits per heavy atom. The largest absolute Gasteiger partial charge is 0.398 e. The van der Waals surface area contributed by atoms with Crippen LogP contribution in [0.25, 0.3) is 0 Å². The number of nitrogens with zero attached hydrogens (tertiary/aromatic N) is 1. The number of hydrogen-bond acceptors (Lipinski definition) is 3. The number of carbonyl (C=O) groups excluding carboxylic acids is 1. The van der Waals surface area contributed by atoms with Gasteiger partial charge in [-0.1, -0.05) is 11.6 Å². The molecule has 96 valence electrons. The van der Waals surface area contributed by atoms with Gasteiger partial charge in [0.25, 0.3) is 5.91 Å². The highest BCUT2D eigenvalue weighted by Gasteiger charge is 2.06. The molecule has 3 N–H and O–H groups in total. The molecule has 0 radical (unpaired) electrons. The summed E-state index contributed by atoms with van der Waals surface area (Å²) in [5.41, 5.74) is 6.56. The van der Waals surface area contributed by atoms with Crippen molar-refractivity contribution >= 4 is 35.6 Å². The van der Waals surface area contributed by atoms with Crippen LogP contribution in [0.15, 0.2) is 18.2 Å². The summed E-state index contributed by atoms with van der Waals surface area (Å²) in [5, 5.41) is 3.26. The number of hydrogen-bond donors (Lipinski definition) is 2. The lowest BCUT2D eigenvalue weighted by atomic mass is 10.2. The van der Waals surface area contributed by atoms with Gasteiger partial charge in [-0.15, -0.1) is 12.4 Å². The first kappa shape index (κ1) is 16.0. The molecule has 6 heteroatoms. The molecule has 1 aromatic rings. The minimum atomic E-state index is -0.134. The van der Waals surface area contributed by atoms with Crippen molar-refractivity contribution in [2.45, 2.75) is 0 Å². The molecule has 0 spiro atoms. The molecule has 1 amide bonds. The number of nitrogens with two attached hydrogens (primary N) is 1. The summed E-state index contributed by atoms with van der Waals surface area (Å²) in [5.74, 6) is -0.134. The fraction of sp³-hybridized carbons (Fsp3) is 0.364. The van der Waals surface area contributed by atoms with Gasteiger partial charge in [0.15, 0.2) is 0 Å². The van der Waals surface area contributed by atoms with E-state index < -0.39 is 0 Å². The van der Waals surface area contributed by atoms with Gasteiger partial charge in [0, 0.05) is 18.7 Å². The summed E-state index contributed by atoms with van der Waals surface area (Å²) in [6, 6.07) is 4.86. The number of carbonyl (C=O) groups is 1. The third-order valence-corrected chi connectivity index (χ3v) is 2.45. The maximum absolute atomic E-state index is 11.7. The highest BCUT2D eigenvalue weighted by Crippen LogP contribution is 2.19. The normalized spacial score (nSPS) is 9.88. The van der Waals surface area contributed by atoms with Crippen LogP contribution in [-0.2, 0) is 0 Å². The average Bonchev–Trinajstić information content (AvgIpc) is 2.21. The third kappa shape index (κ3) is 5.26. The minimum Gasteiger partial charge on any atom is -0.398 e. The van der Waals surface area contributed by atoms with Gasteiger partial charge in [0.2, 0.25) is 0 Å². The molecule has 0 aliphatic carbocycles. The molecule has 0 aliphatic rings. The van der Waals surface area contributed by atoms with Crippen LogP contribution in [0.1, 0.15) is 10.4 Å². The van der Waals surface area contributed by atoms with Crippen molar-refractivity contribution in [3.8, 4) is 0 Å². The Balaban J connectivity index is 0.00000256.